The summed E-state index contributed by atoms with van der Waals surface area (Å²) in [6, 6.07) is 0. The average molecular weight is 297 g/mol. The maximum absolute atomic E-state index is 12.2. The lowest BCUT2D eigenvalue weighted by molar-refractivity contribution is 0.259. The molecule has 0 aromatic rings. The first kappa shape index (κ1) is 15.6. The average Bonchev–Trinajstić information content (AvgIpc) is 2.28. The SMILES string of the molecule is C=CCN(CCO)S(=O)(=O)C1CCS(=O)(=O)CC1. The monoisotopic (exact) mass is 297 g/mol. The Kier molecular flexibility index (Phi) is 5.32. The summed E-state index contributed by atoms with van der Waals surface area (Å²) in [5, 5.41) is 8.20. The van der Waals surface area contributed by atoms with Crippen LogP contribution in [0.2, 0.25) is 0 Å². The molecular formula is C10H19NO5S2. The van der Waals surface area contributed by atoms with Gasteiger partial charge in [0.25, 0.3) is 0 Å². The third-order valence-corrected chi connectivity index (χ3v) is 7.05. The molecule has 0 radical (unpaired) electrons. The van der Waals surface area contributed by atoms with Crippen molar-refractivity contribution in [1.82, 2.24) is 4.31 Å². The van der Waals surface area contributed by atoms with Crippen LogP contribution >= 0.6 is 0 Å². The van der Waals surface area contributed by atoms with Crippen molar-refractivity contribution in [2.45, 2.75) is 18.1 Å². The Morgan fingerprint density at radius 2 is 1.89 bits per heavy atom. The highest BCUT2D eigenvalue weighted by molar-refractivity contribution is 7.92. The first-order chi connectivity index (χ1) is 8.33. The summed E-state index contributed by atoms with van der Waals surface area (Å²) >= 11 is 0. The van der Waals surface area contributed by atoms with Crippen molar-refractivity contribution in [1.29, 1.82) is 0 Å². The third-order valence-electron chi connectivity index (χ3n) is 2.96. The molecule has 1 fully saturated rings. The number of hydrogen-bond donors (Lipinski definition) is 1. The Morgan fingerprint density at radius 1 is 1.33 bits per heavy atom. The fraction of sp³-hybridized carbons (Fsp3) is 0.800. The van der Waals surface area contributed by atoms with Gasteiger partial charge in [0.1, 0.15) is 9.84 Å². The normalized spacial score (nSPS) is 21.0. The van der Waals surface area contributed by atoms with Crippen molar-refractivity contribution >= 4 is 19.9 Å². The minimum atomic E-state index is -3.56. The maximum Gasteiger partial charge on any atom is 0.217 e. The number of hydrogen-bond acceptors (Lipinski definition) is 5. The van der Waals surface area contributed by atoms with E-state index in [1.165, 1.54) is 6.08 Å². The van der Waals surface area contributed by atoms with Gasteiger partial charge in [-0.3, -0.25) is 0 Å². The molecule has 1 aliphatic heterocycles. The zero-order valence-corrected chi connectivity index (χ0v) is 11.8. The van der Waals surface area contributed by atoms with Gasteiger partial charge in [-0.15, -0.1) is 6.58 Å². The van der Waals surface area contributed by atoms with Crippen molar-refractivity contribution in [3.05, 3.63) is 12.7 Å². The molecule has 0 unspecified atom stereocenters. The standard InChI is InChI=1S/C10H19NO5S2/c1-2-5-11(6-7-12)18(15,16)10-3-8-17(13,14)9-4-10/h2,10,12H,1,3-9H2. The fourth-order valence-electron chi connectivity index (χ4n) is 1.96. The van der Waals surface area contributed by atoms with Gasteiger partial charge in [-0.05, 0) is 12.8 Å². The molecule has 1 saturated heterocycles. The molecule has 1 N–H and O–H groups in total. The molecule has 8 heteroatoms. The van der Waals surface area contributed by atoms with E-state index in [1.807, 2.05) is 0 Å². The number of sulfone groups is 1. The van der Waals surface area contributed by atoms with E-state index >= 15 is 0 Å². The minimum absolute atomic E-state index is 0.0115. The second kappa shape index (κ2) is 6.14. The van der Waals surface area contributed by atoms with E-state index in [4.69, 9.17) is 5.11 Å². The zero-order valence-electron chi connectivity index (χ0n) is 10.2. The predicted molar refractivity (Wildman–Crippen MR) is 69.5 cm³/mol. The number of sulfonamides is 1. The molecule has 0 aromatic carbocycles. The van der Waals surface area contributed by atoms with E-state index in [2.05, 4.69) is 6.58 Å². The lowest BCUT2D eigenvalue weighted by Crippen LogP contribution is -2.43. The molecular weight excluding hydrogens is 278 g/mol. The molecule has 0 aliphatic carbocycles. The molecule has 0 bridgehead atoms. The largest absolute Gasteiger partial charge is 0.395 e. The van der Waals surface area contributed by atoms with Crippen LogP contribution < -0.4 is 0 Å². The highest BCUT2D eigenvalue weighted by Crippen LogP contribution is 2.22. The second-order valence-electron chi connectivity index (χ2n) is 4.27. The molecule has 1 heterocycles. The van der Waals surface area contributed by atoms with Crippen LogP contribution in [0, 0.1) is 0 Å². The number of aliphatic hydroxyl groups is 1. The van der Waals surface area contributed by atoms with Crippen LogP contribution in [0.25, 0.3) is 0 Å². The van der Waals surface area contributed by atoms with Crippen molar-refractivity contribution < 1.29 is 21.9 Å². The molecule has 0 amide bonds. The van der Waals surface area contributed by atoms with Crippen LogP contribution in [0.5, 0.6) is 0 Å². The van der Waals surface area contributed by atoms with E-state index in [0.717, 1.165) is 4.31 Å². The lowest BCUT2D eigenvalue weighted by Gasteiger charge is -2.28. The quantitative estimate of drug-likeness (QED) is 0.659. The Bertz CT molecular complexity index is 468. The van der Waals surface area contributed by atoms with Gasteiger partial charge in [0, 0.05) is 13.1 Å². The lowest BCUT2D eigenvalue weighted by atomic mass is 10.2. The number of nitrogens with zero attached hydrogens (tertiary/aromatic N) is 1. The summed E-state index contributed by atoms with van der Waals surface area (Å²) in [5.41, 5.74) is 0. The van der Waals surface area contributed by atoms with Crippen molar-refractivity contribution in [3.8, 4) is 0 Å². The van der Waals surface area contributed by atoms with Crippen LogP contribution in [0.3, 0.4) is 0 Å². The van der Waals surface area contributed by atoms with Crippen LogP contribution in [0.15, 0.2) is 12.7 Å². The van der Waals surface area contributed by atoms with Gasteiger partial charge in [0.05, 0.1) is 23.4 Å². The topological polar surface area (TPSA) is 91.8 Å². The molecule has 106 valence electrons. The minimum Gasteiger partial charge on any atom is -0.395 e. The van der Waals surface area contributed by atoms with Gasteiger partial charge in [-0.2, -0.15) is 4.31 Å². The third kappa shape index (κ3) is 3.78. The van der Waals surface area contributed by atoms with E-state index in [0.29, 0.717) is 0 Å². The summed E-state index contributed by atoms with van der Waals surface area (Å²) in [7, 11) is -6.64. The van der Waals surface area contributed by atoms with Crippen LogP contribution in [0.1, 0.15) is 12.8 Å². The molecule has 0 atom stereocenters. The summed E-state index contributed by atoms with van der Waals surface area (Å²) < 4.78 is 48.2. The zero-order chi connectivity index (χ0) is 13.8. The smallest absolute Gasteiger partial charge is 0.217 e. The van der Waals surface area contributed by atoms with Gasteiger partial charge in [-0.25, -0.2) is 16.8 Å². The summed E-state index contributed by atoms with van der Waals surface area (Å²) in [6.45, 7) is 3.36. The van der Waals surface area contributed by atoms with Gasteiger partial charge in [-0.1, -0.05) is 6.08 Å². The van der Waals surface area contributed by atoms with E-state index in [1.54, 1.807) is 0 Å². The van der Waals surface area contributed by atoms with E-state index in [-0.39, 0.29) is 44.0 Å². The summed E-state index contributed by atoms with van der Waals surface area (Å²) in [6.07, 6.45) is 1.71. The van der Waals surface area contributed by atoms with Crippen molar-refractivity contribution in [3.63, 3.8) is 0 Å². The van der Waals surface area contributed by atoms with E-state index in [9.17, 15) is 16.8 Å². The Labute approximate surface area is 108 Å². The van der Waals surface area contributed by atoms with Crippen molar-refractivity contribution in [2.24, 2.45) is 0 Å². The Morgan fingerprint density at radius 3 is 2.33 bits per heavy atom. The van der Waals surface area contributed by atoms with Crippen molar-refractivity contribution in [2.75, 3.05) is 31.2 Å². The van der Waals surface area contributed by atoms with E-state index < -0.39 is 25.1 Å². The molecule has 0 spiro atoms. The first-order valence-corrected chi connectivity index (χ1v) is 9.07. The van der Waals surface area contributed by atoms with Crippen LogP contribution in [-0.4, -0.2) is 62.7 Å². The molecule has 1 rings (SSSR count). The number of rotatable bonds is 6. The van der Waals surface area contributed by atoms with Gasteiger partial charge in [0.2, 0.25) is 10.0 Å². The first-order valence-electron chi connectivity index (χ1n) is 5.74. The van der Waals surface area contributed by atoms with Gasteiger partial charge in [0.15, 0.2) is 0 Å². The molecule has 0 aromatic heterocycles. The number of aliphatic hydroxyl groups excluding tert-OH is 1. The highest BCUT2D eigenvalue weighted by Gasteiger charge is 2.35. The highest BCUT2D eigenvalue weighted by atomic mass is 32.2. The summed E-state index contributed by atoms with van der Waals surface area (Å²) in [4.78, 5) is 0. The summed E-state index contributed by atoms with van der Waals surface area (Å²) in [5.74, 6) is -0.171. The molecule has 0 saturated carbocycles. The Hall–Kier alpha value is -0.440. The molecule has 18 heavy (non-hydrogen) atoms. The molecule has 1 aliphatic rings. The Balaban J connectivity index is 2.82. The second-order valence-corrected chi connectivity index (χ2v) is 8.78. The van der Waals surface area contributed by atoms with Gasteiger partial charge >= 0.3 is 0 Å². The van der Waals surface area contributed by atoms with Crippen LogP contribution in [-0.2, 0) is 19.9 Å². The molecule has 6 nitrogen and oxygen atoms in total. The predicted octanol–water partition coefficient (Wildman–Crippen LogP) is -0.626. The van der Waals surface area contributed by atoms with Gasteiger partial charge < -0.3 is 5.11 Å². The maximum atomic E-state index is 12.2. The van der Waals surface area contributed by atoms with Crippen LogP contribution in [0.4, 0.5) is 0 Å². The fourth-order valence-corrected chi connectivity index (χ4v) is 5.65.